The molecule has 11 heteroatoms. The van der Waals surface area contributed by atoms with Crippen molar-refractivity contribution in [3.05, 3.63) is 27.4 Å². The number of hydrogen-bond donors (Lipinski definition) is 1. The maximum Gasteiger partial charge on any atom is 0.323 e. The van der Waals surface area contributed by atoms with Crippen molar-refractivity contribution < 1.29 is 22.9 Å². The van der Waals surface area contributed by atoms with Gasteiger partial charge < -0.3 is 4.74 Å². The van der Waals surface area contributed by atoms with Crippen LogP contribution < -0.4 is 4.72 Å². The fourth-order valence-corrected chi connectivity index (χ4v) is 2.25. The van der Waals surface area contributed by atoms with Crippen LogP contribution in [0.5, 0.6) is 0 Å². The largest absolute Gasteiger partial charge is 0.465 e. The van der Waals surface area contributed by atoms with Gasteiger partial charge in [0.25, 0.3) is 0 Å². The van der Waals surface area contributed by atoms with Gasteiger partial charge in [0.15, 0.2) is 5.75 Å². The van der Waals surface area contributed by atoms with Crippen LogP contribution in [0.1, 0.15) is 6.92 Å². The maximum absolute atomic E-state index is 11.7. The van der Waals surface area contributed by atoms with Gasteiger partial charge in [-0.25, -0.2) is 13.4 Å². The monoisotopic (exact) mass is 323 g/mol. The summed E-state index contributed by atoms with van der Waals surface area (Å²) >= 11 is 5.55. The van der Waals surface area contributed by atoms with Crippen molar-refractivity contribution >= 4 is 39.1 Å². The van der Waals surface area contributed by atoms with E-state index >= 15 is 0 Å². The van der Waals surface area contributed by atoms with Gasteiger partial charge in [0.1, 0.15) is 5.15 Å². The molecule has 0 radical (unpaired) electrons. The van der Waals surface area contributed by atoms with E-state index in [1.807, 2.05) is 4.72 Å². The van der Waals surface area contributed by atoms with E-state index in [1.54, 1.807) is 0 Å². The summed E-state index contributed by atoms with van der Waals surface area (Å²) in [5.41, 5.74) is -0.582. The van der Waals surface area contributed by atoms with Crippen LogP contribution in [0.4, 0.5) is 11.5 Å². The molecule has 0 atom stereocenters. The van der Waals surface area contributed by atoms with Crippen LogP contribution in [0.15, 0.2) is 12.1 Å². The predicted molar refractivity (Wildman–Crippen MR) is 69.9 cm³/mol. The van der Waals surface area contributed by atoms with Gasteiger partial charge in [0, 0.05) is 6.07 Å². The Balaban J connectivity index is 3.00. The summed E-state index contributed by atoms with van der Waals surface area (Å²) in [6, 6.07) is 2.14. The number of hydrogen-bond acceptors (Lipinski definition) is 7. The molecule has 1 aromatic heterocycles. The zero-order chi connectivity index (χ0) is 15.3. The predicted octanol–water partition coefficient (Wildman–Crippen LogP) is 0.948. The molecule has 0 aliphatic carbocycles. The Morgan fingerprint density at radius 1 is 1.55 bits per heavy atom. The fourth-order valence-electron chi connectivity index (χ4n) is 1.19. The second-order valence-corrected chi connectivity index (χ2v) is 5.53. The fraction of sp³-hybridized carbons (Fsp3) is 0.333. The Bertz CT molecular complexity index is 633. The van der Waals surface area contributed by atoms with Crippen LogP contribution in [0.3, 0.4) is 0 Å². The number of carbonyl (C=O) groups is 1. The van der Waals surface area contributed by atoms with Crippen molar-refractivity contribution in [2.45, 2.75) is 6.92 Å². The first-order valence-electron chi connectivity index (χ1n) is 5.22. The molecule has 20 heavy (non-hydrogen) atoms. The molecular formula is C9H10ClN3O6S. The number of carbonyl (C=O) groups excluding carboxylic acids is 1. The summed E-state index contributed by atoms with van der Waals surface area (Å²) in [5, 5.41) is 10.6. The third-order valence-electron chi connectivity index (χ3n) is 1.90. The molecule has 1 aromatic rings. The third-order valence-corrected chi connectivity index (χ3v) is 3.23. The summed E-state index contributed by atoms with van der Waals surface area (Å²) in [5.74, 6) is -2.52. The van der Waals surface area contributed by atoms with Gasteiger partial charge >= 0.3 is 11.7 Å². The van der Waals surface area contributed by atoms with Crippen molar-refractivity contribution in [2.75, 3.05) is 17.1 Å². The number of halogens is 1. The number of nitrogens with zero attached hydrogens (tertiary/aromatic N) is 2. The van der Waals surface area contributed by atoms with Crippen LogP contribution in [-0.4, -0.2) is 36.7 Å². The SMILES string of the molecule is CCOC(=O)CS(=O)(=O)Nc1nc(Cl)ccc1[N+](=O)[O-]. The zero-order valence-corrected chi connectivity index (χ0v) is 11.8. The third kappa shape index (κ3) is 4.63. The molecule has 1 heterocycles. The molecule has 0 aliphatic rings. The number of anilines is 1. The lowest BCUT2D eigenvalue weighted by atomic mass is 10.4. The maximum atomic E-state index is 11.7. The van der Waals surface area contributed by atoms with Crippen LogP contribution in [0.2, 0.25) is 5.15 Å². The summed E-state index contributed by atoms with van der Waals surface area (Å²) in [6.45, 7) is 1.53. The summed E-state index contributed by atoms with van der Waals surface area (Å²) in [7, 11) is -4.18. The summed E-state index contributed by atoms with van der Waals surface area (Å²) in [4.78, 5) is 24.5. The smallest absolute Gasteiger partial charge is 0.323 e. The molecule has 0 bridgehead atoms. The van der Waals surface area contributed by atoms with Crippen molar-refractivity contribution in [2.24, 2.45) is 0 Å². The van der Waals surface area contributed by atoms with Crippen LogP contribution >= 0.6 is 11.6 Å². The molecule has 0 saturated carbocycles. The number of esters is 1. The highest BCUT2D eigenvalue weighted by Gasteiger charge is 2.23. The van der Waals surface area contributed by atoms with Crippen LogP contribution in [0.25, 0.3) is 0 Å². The van der Waals surface area contributed by atoms with Crippen molar-refractivity contribution in [3.8, 4) is 0 Å². The molecule has 0 fully saturated rings. The topological polar surface area (TPSA) is 128 Å². The van der Waals surface area contributed by atoms with Crippen LogP contribution in [0, 0.1) is 10.1 Å². The second-order valence-electron chi connectivity index (χ2n) is 3.42. The van der Waals surface area contributed by atoms with E-state index in [0.717, 1.165) is 12.1 Å². The Morgan fingerprint density at radius 2 is 2.20 bits per heavy atom. The lowest BCUT2D eigenvalue weighted by Gasteiger charge is -2.07. The molecule has 0 aromatic carbocycles. The summed E-state index contributed by atoms with van der Waals surface area (Å²) in [6.07, 6.45) is 0. The van der Waals surface area contributed by atoms with Crippen molar-refractivity contribution in [1.82, 2.24) is 4.98 Å². The Labute approximate surface area is 119 Å². The molecular weight excluding hydrogens is 314 g/mol. The molecule has 110 valence electrons. The van der Waals surface area contributed by atoms with Gasteiger partial charge in [-0.15, -0.1) is 0 Å². The number of rotatable bonds is 6. The number of nitrogens with one attached hydrogen (secondary N) is 1. The van der Waals surface area contributed by atoms with Gasteiger partial charge in [-0.05, 0) is 13.0 Å². The standard InChI is InChI=1S/C9H10ClN3O6S/c1-2-19-8(14)5-20(17,18)12-9-6(13(15)16)3-4-7(10)11-9/h3-4H,2,5H2,1H3,(H,11,12). The van der Waals surface area contributed by atoms with E-state index in [0.29, 0.717) is 0 Å². The highest BCUT2D eigenvalue weighted by molar-refractivity contribution is 7.93. The number of aromatic nitrogens is 1. The molecule has 0 aliphatic heterocycles. The van der Waals surface area contributed by atoms with E-state index < -0.39 is 38.2 Å². The number of nitro groups is 1. The van der Waals surface area contributed by atoms with Gasteiger partial charge in [-0.1, -0.05) is 11.6 Å². The average Bonchev–Trinajstić information content (AvgIpc) is 2.26. The molecule has 1 N–H and O–H groups in total. The minimum absolute atomic E-state index is 0.0178. The average molecular weight is 324 g/mol. The highest BCUT2D eigenvalue weighted by atomic mass is 35.5. The lowest BCUT2D eigenvalue weighted by Crippen LogP contribution is -2.25. The number of ether oxygens (including phenoxy) is 1. The van der Waals surface area contributed by atoms with E-state index in [9.17, 15) is 23.3 Å². The first-order valence-corrected chi connectivity index (χ1v) is 7.25. The van der Waals surface area contributed by atoms with Crippen molar-refractivity contribution in [3.63, 3.8) is 0 Å². The van der Waals surface area contributed by atoms with Crippen molar-refractivity contribution in [1.29, 1.82) is 0 Å². The van der Waals surface area contributed by atoms with Crippen LogP contribution in [-0.2, 0) is 19.6 Å². The Morgan fingerprint density at radius 3 is 2.75 bits per heavy atom. The van der Waals surface area contributed by atoms with E-state index in [2.05, 4.69) is 9.72 Å². The lowest BCUT2D eigenvalue weighted by molar-refractivity contribution is -0.384. The molecule has 1 rings (SSSR count). The molecule has 0 spiro atoms. The van der Waals surface area contributed by atoms with Gasteiger partial charge in [0.2, 0.25) is 15.8 Å². The first kappa shape index (κ1) is 16.1. The highest BCUT2D eigenvalue weighted by Crippen LogP contribution is 2.24. The molecule has 0 saturated heterocycles. The first-order chi connectivity index (χ1) is 9.25. The number of sulfonamides is 1. The summed E-state index contributed by atoms with van der Waals surface area (Å²) < 4.78 is 29.6. The van der Waals surface area contributed by atoms with E-state index in [-0.39, 0.29) is 11.8 Å². The normalized spacial score (nSPS) is 10.9. The minimum atomic E-state index is -4.18. The van der Waals surface area contributed by atoms with E-state index in [4.69, 9.17) is 11.6 Å². The Kier molecular flexibility index (Phi) is 5.22. The van der Waals surface area contributed by atoms with Gasteiger partial charge in [-0.2, -0.15) is 0 Å². The molecule has 0 amide bonds. The second kappa shape index (κ2) is 6.48. The Hall–Kier alpha value is -1.94. The van der Waals surface area contributed by atoms with Gasteiger partial charge in [0.05, 0.1) is 11.5 Å². The zero-order valence-electron chi connectivity index (χ0n) is 10.2. The molecule has 9 nitrogen and oxygen atoms in total. The quantitative estimate of drug-likeness (QED) is 0.357. The van der Waals surface area contributed by atoms with Gasteiger partial charge in [-0.3, -0.25) is 19.6 Å². The number of pyridine rings is 1. The van der Waals surface area contributed by atoms with E-state index in [1.165, 1.54) is 6.92 Å². The minimum Gasteiger partial charge on any atom is -0.465 e. The molecule has 0 unspecified atom stereocenters.